The summed E-state index contributed by atoms with van der Waals surface area (Å²) in [6, 6.07) is 0.511. The first-order valence-electron chi connectivity index (χ1n) is 6.20. The zero-order valence-electron chi connectivity index (χ0n) is 9.67. The average molecular weight is 213 g/mol. The van der Waals surface area contributed by atoms with Gasteiger partial charge in [0.25, 0.3) is 0 Å². The van der Waals surface area contributed by atoms with Crippen molar-refractivity contribution in [3.63, 3.8) is 0 Å². The van der Waals surface area contributed by atoms with E-state index in [9.17, 15) is 5.11 Å². The van der Waals surface area contributed by atoms with Crippen LogP contribution in [0.3, 0.4) is 0 Å². The summed E-state index contributed by atoms with van der Waals surface area (Å²) >= 11 is 0. The Morgan fingerprint density at radius 1 is 1.53 bits per heavy atom. The van der Waals surface area contributed by atoms with Crippen LogP contribution < -0.4 is 5.32 Å². The molecule has 88 valence electrons. The summed E-state index contributed by atoms with van der Waals surface area (Å²) in [4.78, 5) is 0. The maximum Gasteiger partial charge on any atom is 0.0590 e. The Morgan fingerprint density at radius 3 is 2.87 bits per heavy atom. The molecular weight excluding hydrogens is 190 g/mol. The van der Waals surface area contributed by atoms with Crippen LogP contribution >= 0.6 is 0 Å². The number of rotatable bonds is 6. The van der Waals surface area contributed by atoms with Crippen LogP contribution in [0.2, 0.25) is 0 Å². The molecule has 1 aliphatic carbocycles. The van der Waals surface area contributed by atoms with E-state index in [0.29, 0.717) is 18.8 Å². The van der Waals surface area contributed by atoms with Crippen LogP contribution in [-0.4, -0.2) is 37.0 Å². The molecule has 0 radical (unpaired) electrons. The van der Waals surface area contributed by atoms with Crippen molar-refractivity contribution < 1.29 is 9.84 Å². The zero-order chi connectivity index (χ0) is 10.7. The van der Waals surface area contributed by atoms with Crippen LogP contribution in [0.4, 0.5) is 0 Å². The summed E-state index contributed by atoms with van der Waals surface area (Å²) in [6.07, 6.45) is 6.39. The summed E-state index contributed by atoms with van der Waals surface area (Å²) in [5, 5.41) is 12.7. The molecule has 0 spiro atoms. The van der Waals surface area contributed by atoms with Gasteiger partial charge in [-0.2, -0.15) is 0 Å². The molecule has 2 fully saturated rings. The van der Waals surface area contributed by atoms with Gasteiger partial charge < -0.3 is 15.2 Å². The van der Waals surface area contributed by atoms with Gasteiger partial charge in [0.1, 0.15) is 0 Å². The third-order valence-corrected chi connectivity index (χ3v) is 3.76. The topological polar surface area (TPSA) is 41.5 Å². The van der Waals surface area contributed by atoms with Crippen LogP contribution in [0.25, 0.3) is 0 Å². The van der Waals surface area contributed by atoms with E-state index in [-0.39, 0.29) is 5.41 Å². The fourth-order valence-electron chi connectivity index (χ4n) is 2.27. The summed E-state index contributed by atoms with van der Waals surface area (Å²) < 4.78 is 5.61. The van der Waals surface area contributed by atoms with Crippen LogP contribution in [0.5, 0.6) is 0 Å². The van der Waals surface area contributed by atoms with Gasteiger partial charge in [0.2, 0.25) is 0 Å². The molecule has 0 aromatic carbocycles. The lowest BCUT2D eigenvalue weighted by atomic mass is 10.1. The van der Waals surface area contributed by atoms with E-state index < -0.39 is 0 Å². The number of hydrogen-bond acceptors (Lipinski definition) is 3. The minimum Gasteiger partial charge on any atom is -0.396 e. The quantitative estimate of drug-likeness (QED) is 0.699. The van der Waals surface area contributed by atoms with Gasteiger partial charge in [-0.1, -0.05) is 0 Å². The number of hydrogen-bond donors (Lipinski definition) is 2. The minimum absolute atomic E-state index is 0.227. The molecule has 0 amide bonds. The Morgan fingerprint density at radius 2 is 2.33 bits per heavy atom. The lowest BCUT2D eigenvalue weighted by molar-refractivity contribution is 0.0948. The van der Waals surface area contributed by atoms with Gasteiger partial charge in [-0.15, -0.1) is 0 Å². The van der Waals surface area contributed by atoms with E-state index in [1.807, 2.05) is 0 Å². The monoisotopic (exact) mass is 213 g/mol. The van der Waals surface area contributed by atoms with Crippen LogP contribution in [-0.2, 0) is 4.74 Å². The molecule has 2 atom stereocenters. The molecule has 15 heavy (non-hydrogen) atoms. The van der Waals surface area contributed by atoms with Gasteiger partial charge >= 0.3 is 0 Å². The molecule has 0 bridgehead atoms. The van der Waals surface area contributed by atoms with Gasteiger partial charge in [-0.3, -0.25) is 0 Å². The van der Waals surface area contributed by atoms with Gasteiger partial charge in [0, 0.05) is 31.2 Å². The minimum atomic E-state index is 0.227. The second-order valence-corrected chi connectivity index (χ2v) is 5.31. The van der Waals surface area contributed by atoms with E-state index in [4.69, 9.17) is 4.74 Å². The molecule has 1 saturated heterocycles. The fourth-order valence-corrected chi connectivity index (χ4v) is 2.27. The molecular formula is C12H23NO2. The Bertz CT molecular complexity index is 198. The van der Waals surface area contributed by atoms with Gasteiger partial charge in [-0.05, 0) is 39.0 Å². The number of nitrogens with one attached hydrogen (secondary N) is 1. The highest BCUT2D eigenvalue weighted by Crippen LogP contribution is 2.44. The predicted octanol–water partition coefficient (Wildman–Crippen LogP) is 1.31. The molecule has 2 aliphatic rings. The summed E-state index contributed by atoms with van der Waals surface area (Å²) in [5.41, 5.74) is 0.227. The Balaban J connectivity index is 1.61. The standard InChI is InChI=1S/C12H23NO2/c1-10(7-11-3-2-6-15-11)13-8-12(9-14)4-5-12/h10-11,13-14H,2-9H2,1H3. The number of aliphatic hydroxyl groups is 1. The largest absolute Gasteiger partial charge is 0.396 e. The van der Waals surface area contributed by atoms with Crippen LogP contribution in [0.15, 0.2) is 0 Å². The van der Waals surface area contributed by atoms with Crippen molar-refractivity contribution in [3.05, 3.63) is 0 Å². The smallest absolute Gasteiger partial charge is 0.0590 e. The fraction of sp³-hybridized carbons (Fsp3) is 1.00. The van der Waals surface area contributed by atoms with E-state index in [2.05, 4.69) is 12.2 Å². The predicted molar refractivity (Wildman–Crippen MR) is 59.8 cm³/mol. The molecule has 3 nitrogen and oxygen atoms in total. The van der Waals surface area contributed by atoms with Gasteiger partial charge in [-0.25, -0.2) is 0 Å². The Hall–Kier alpha value is -0.120. The highest BCUT2D eigenvalue weighted by atomic mass is 16.5. The maximum absolute atomic E-state index is 9.19. The van der Waals surface area contributed by atoms with E-state index in [1.165, 1.54) is 25.7 Å². The van der Waals surface area contributed by atoms with Crippen molar-refractivity contribution in [2.45, 2.75) is 51.2 Å². The third-order valence-electron chi connectivity index (χ3n) is 3.76. The van der Waals surface area contributed by atoms with Crippen molar-refractivity contribution >= 4 is 0 Å². The highest BCUT2D eigenvalue weighted by Gasteiger charge is 2.41. The second-order valence-electron chi connectivity index (χ2n) is 5.31. The molecule has 2 rings (SSSR count). The Labute approximate surface area is 92.2 Å². The van der Waals surface area contributed by atoms with Crippen LogP contribution in [0, 0.1) is 5.41 Å². The second kappa shape index (κ2) is 4.81. The molecule has 1 heterocycles. The molecule has 1 aliphatic heterocycles. The van der Waals surface area contributed by atoms with E-state index in [1.54, 1.807) is 0 Å². The molecule has 2 unspecified atom stereocenters. The van der Waals surface area contributed by atoms with Crippen molar-refractivity contribution in [1.29, 1.82) is 0 Å². The van der Waals surface area contributed by atoms with E-state index in [0.717, 1.165) is 19.6 Å². The van der Waals surface area contributed by atoms with Crippen LogP contribution in [0.1, 0.15) is 39.0 Å². The third kappa shape index (κ3) is 3.16. The first-order chi connectivity index (χ1) is 7.24. The van der Waals surface area contributed by atoms with Crippen molar-refractivity contribution in [3.8, 4) is 0 Å². The average Bonchev–Trinajstić information content (AvgIpc) is 2.86. The summed E-state index contributed by atoms with van der Waals surface area (Å²) in [5.74, 6) is 0. The first kappa shape index (κ1) is 11.4. The first-order valence-corrected chi connectivity index (χ1v) is 6.20. The van der Waals surface area contributed by atoms with Gasteiger partial charge in [0.15, 0.2) is 0 Å². The molecule has 1 saturated carbocycles. The van der Waals surface area contributed by atoms with Crippen molar-refractivity contribution in [1.82, 2.24) is 5.32 Å². The molecule has 0 aromatic heterocycles. The zero-order valence-corrected chi connectivity index (χ0v) is 9.67. The van der Waals surface area contributed by atoms with Crippen molar-refractivity contribution in [2.75, 3.05) is 19.8 Å². The normalized spacial score (nSPS) is 30.4. The highest BCUT2D eigenvalue weighted by molar-refractivity contribution is 4.94. The lowest BCUT2D eigenvalue weighted by Crippen LogP contribution is -2.35. The lowest BCUT2D eigenvalue weighted by Gasteiger charge is -2.20. The Kier molecular flexibility index (Phi) is 3.65. The summed E-state index contributed by atoms with van der Waals surface area (Å²) in [7, 11) is 0. The SMILES string of the molecule is CC(CC1CCCO1)NCC1(CO)CC1. The maximum atomic E-state index is 9.19. The number of ether oxygens (including phenoxy) is 1. The molecule has 0 aromatic rings. The van der Waals surface area contributed by atoms with Crippen molar-refractivity contribution in [2.24, 2.45) is 5.41 Å². The molecule has 2 N–H and O–H groups in total. The summed E-state index contributed by atoms with van der Waals surface area (Å²) in [6.45, 7) is 4.47. The van der Waals surface area contributed by atoms with E-state index >= 15 is 0 Å². The van der Waals surface area contributed by atoms with Gasteiger partial charge in [0.05, 0.1) is 6.10 Å². The number of aliphatic hydroxyl groups excluding tert-OH is 1. The molecule has 3 heteroatoms.